The molecule has 17 heavy (non-hydrogen) atoms. The molecule has 0 amide bonds. The largest absolute Gasteiger partial charge is 0.481 e. The number of hydrogen-bond donors (Lipinski definition) is 2. The standard InChI is InChI=1S/C12H19N3O2/c1-4-5-10(6-11(16)17)15-12-9(3)13-7-8(2)14-12/h7,10H,4-6H2,1-3H3,(H,14,15)(H,16,17). The lowest BCUT2D eigenvalue weighted by atomic mass is 10.1. The molecule has 1 aromatic rings. The van der Waals surface area contributed by atoms with Gasteiger partial charge in [-0.1, -0.05) is 13.3 Å². The normalized spacial score (nSPS) is 12.2. The van der Waals surface area contributed by atoms with E-state index in [4.69, 9.17) is 5.11 Å². The van der Waals surface area contributed by atoms with Gasteiger partial charge in [-0.15, -0.1) is 0 Å². The molecule has 5 nitrogen and oxygen atoms in total. The predicted octanol–water partition coefficient (Wildman–Crippen LogP) is 2.15. The van der Waals surface area contributed by atoms with Gasteiger partial charge in [0.1, 0.15) is 5.82 Å². The first kappa shape index (κ1) is 13.4. The molecule has 0 aliphatic carbocycles. The van der Waals surface area contributed by atoms with Gasteiger partial charge >= 0.3 is 5.97 Å². The summed E-state index contributed by atoms with van der Waals surface area (Å²) < 4.78 is 0. The zero-order valence-corrected chi connectivity index (χ0v) is 10.5. The first-order valence-electron chi connectivity index (χ1n) is 5.81. The minimum absolute atomic E-state index is 0.0905. The highest BCUT2D eigenvalue weighted by Gasteiger charge is 2.14. The van der Waals surface area contributed by atoms with Gasteiger partial charge in [-0.3, -0.25) is 9.78 Å². The molecular weight excluding hydrogens is 218 g/mol. The van der Waals surface area contributed by atoms with E-state index in [1.807, 2.05) is 20.8 Å². The number of hydrogen-bond acceptors (Lipinski definition) is 4. The van der Waals surface area contributed by atoms with Crippen molar-refractivity contribution in [1.82, 2.24) is 9.97 Å². The lowest BCUT2D eigenvalue weighted by Gasteiger charge is -2.17. The molecule has 0 saturated heterocycles. The summed E-state index contributed by atoms with van der Waals surface area (Å²) in [4.78, 5) is 19.3. The van der Waals surface area contributed by atoms with Crippen molar-refractivity contribution in [3.63, 3.8) is 0 Å². The highest BCUT2D eigenvalue weighted by molar-refractivity contribution is 5.68. The molecule has 0 aromatic carbocycles. The van der Waals surface area contributed by atoms with Crippen LogP contribution in [0.3, 0.4) is 0 Å². The van der Waals surface area contributed by atoms with Crippen molar-refractivity contribution in [3.8, 4) is 0 Å². The summed E-state index contributed by atoms with van der Waals surface area (Å²) in [6.45, 7) is 5.76. The van der Waals surface area contributed by atoms with E-state index in [1.165, 1.54) is 0 Å². The monoisotopic (exact) mass is 237 g/mol. The lowest BCUT2D eigenvalue weighted by Crippen LogP contribution is -2.24. The van der Waals surface area contributed by atoms with Crippen LogP contribution in [0.25, 0.3) is 0 Å². The van der Waals surface area contributed by atoms with E-state index in [0.29, 0.717) is 5.82 Å². The average Bonchev–Trinajstić information content (AvgIpc) is 2.23. The molecule has 0 spiro atoms. The van der Waals surface area contributed by atoms with Crippen molar-refractivity contribution >= 4 is 11.8 Å². The van der Waals surface area contributed by atoms with Crippen LogP contribution >= 0.6 is 0 Å². The molecule has 0 saturated carbocycles. The van der Waals surface area contributed by atoms with Gasteiger partial charge in [-0.25, -0.2) is 4.98 Å². The summed E-state index contributed by atoms with van der Waals surface area (Å²) >= 11 is 0. The molecule has 1 heterocycles. The predicted molar refractivity (Wildman–Crippen MR) is 66.1 cm³/mol. The number of aromatic nitrogens is 2. The van der Waals surface area contributed by atoms with Crippen LogP contribution in [0.4, 0.5) is 5.82 Å². The first-order chi connectivity index (χ1) is 8.02. The topological polar surface area (TPSA) is 75.1 Å². The van der Waals surface area contributed by atoms with E-state index in [1.54, 1.807) is 6.20 Å². The molecule has 1 atom stereocenters. The number of nitrogens with zero attached hydrogens (tertiary/aromatic N) is 2. The number of anilines is 1. The third-order valence-electron chi connectivity index (χ3n) is 2.47. The Bertz CT molecular complexity index is 393. The minimum Gasteiger partial charge on any atom is -0.481 e. The van der Waals surface area contributed by atoms with E-state index in [9.17, 15) is 4.79 Å². The van der Waals surface area contributed by atoms with Crippen LogP contribution in [0.15, 0.2) is 6.20 Å². The van der Waals surface area contributed by atoms with Gasteiger partial charge in [-0.05, 0) is 20.3 Å². The Morgan fingerprint density at radius 1 is 1.53 bits per heavy atom. The second-order valence-corrected chi connectivity index (χ2v) is 4.17. The van der Waals surface area contributed by atoms with Crippen LogP contribution in [0.5, 0.6) is 0 Å². The lowest BCUT2D eigenvalue weighted by molar-refractivity contribution is -0.137. The molecule has 5 heteroatoms. The number of rotatable bonds is 6. The Balaban J connectivity index is 2.77. The Hall–Kier alpha value is -1.65. The molecule has 0 aliphatic rings. The molecule has 0 radical (unpaired) electrons. The third kappa shape index (κ3) is 4.38. The van der Waals surface area contributed by atoms with Gasteiger partial charge < -0.3 is 10.4 Å². The molecule has 0 fully saturated rings. The van der Waals surface area contributed by atoms with E-state index in [2.05, 4.69) is 15.3 Å². The first-order valence-corrected chi connectivity index (χ1v) is 5.81. The van der Waals surface area contributed by atoms with Gasteiger partial charge in [0.15, 0.2) is 0 Å². The Kier molecular flexibility index (Phi) is 4.87. The van der Waals surface area contributed by atoms with Gasteiger partial charge in [0, 0.05) is 12.2 Å². The Morgan fingerprint density at radius 3 is 2.82 bits per heavy atom. The summed E-state index contributed by atoms with van der Waals surface area (Å²) in [7, 11) is 0. The molecule has 1 rings (SSSR count). The van der Waals surface area contributed by atoms with Crippen molar-refractivity contribution < 1.29 is 9.90 Å². The van der Waals surface area contributed by atoms with Crippen LogP contribution in [-0.4, -0.2) is 27.1 Å². The van der Waals surface area contributed by atoms with Crippen molar-refractivity contribution in [2.24, 2.45) is 0 Å². The van der Waals surface area contributed by atoms with Crippen molar-refractivity contribution in [3.05, 3.63) is 17.6 Å². The molecule has 0 aliphatic heterocycles. The van der Waals surface area contributed by atoms with E-state index in [-0.39, 0.29) is 12.5 Å². The molecule has 0 bridgehead atoms. The van der Waals surface area contributed by atoms with Crippen molar-refractivity contribution in [2.75, 3.05) is 5.32 Å². The zero-order chi connectivity index (χ0) is 12.8. The fourth-order valence-electron chi connectivity index (χ4n) is 1.65. The second-order valence-electron chi connectivity index (χ2n) is 4.17. The molecule has 94 valence electrons. The van der Waals surface area contributed by atoms with Crippen LogP contribution in [0.2, 0.25) is 0 Å². The van der Waals surface area contributed by atoms with Crippen LogP contribution in [-0.2, 0) is 4.79 Å². The number of carbonyl (C=O) groups is 1. The fraction of sp³-hybridized carbons (Fsp3) is 0.583. The summed E-state index contributed by atoms with van der Waals surface area (Å²) in [5, 5.41) is 12.0. The molecule has 1 unspecified atom stereocenters. The van der Waals surface area contributed by atoms with Crippen LogP contribution in [0, 0.1) is 13.8 Å². The third-order valence-corrected chi connectivity index (χ3v) is 2.47. The van der Waals surface area contributed by atoms with Crippen LogP contribution in [0.1, 0.15) is 37.6 Å². The van der Waals surface area contributed by atoms with Gasteiger partial charge in [0.05, 0.1) is 17.8 Å². The van der Waals surface area contributed by atoms with E-state index >= 15 is 0 Å². The maximum absolute atomic E-state index is 10.8. The number of aliphatic carboxylic acids is 1. The Morgan fingerprint density at radius 2 is 2.24 bits per heavy atom. The number of aryl methyl sites for hydroxylation is 2. The number of carboxylic acid groups (broad SMARTS) is 1. The smallest absolute Gasteiger partial charge is 0.305 e. The van der Waals surface area contributed by atoms with Gasteiger partial charge in [-0.2, -0.15) is 0 Å². The zero-order valence-electron chi connectivity index (χ0n) is 10.5. The summed E-state index contributed by atoms with van der Waals surface area (Å²) in [6, 6.07) is -0.0905. The quantitative estimate of drug-likeness (QED) is 0.793. The van der Waals surface area contributed by atoms with Crippen molar-refractivity contribution in [1.29, 1.82) is 0 Å². The molecule has 1 aromatic heterocycles. The maximum atomic E-state index is 10.8. The highest BCUT2D eigenvalue weighted by atomic mass is 16.4. The summed E-state index contributed by atoms with van der Waals surface area (Å²) in [6.07, 6.45) is 3.54. The highest BCUT2D eigenvalue weighted by Crippen LogP contribution is 2.14. The van der Waals surface area contributed by atoms with E-state index in [0.717, 1.165) is 24.2 Å². The number of carboxylic acids is 1. The van der Waals surface area contributed by atoms with Crippen molar-refractivity contribution in [2.45, 2.75) is 46.1 Å². The van der Waals surface area contributed by atoms with Gasteiger partial charge in [0.2, 0.25) is 0 Å². The average molecular weight is 237 g/mol. The van der Waals surface area contributed by atoms with E-state index < -0.39 is 5.97 Å². The van der Waals surface area contributed by atoms with Gasteiger partial charge in [0.25, 0.3) is 0 Å². The second kappa shape index (κ2) is 6.18. The fourth-order valence-corrected chi connectivity index (χ4v) is 1.65. The Labute approximate surface area is 101 Å². The molecule has 2 N–H and O–H groups in total. The number of nitrogens with one attached hydrogen (secondary N) is 1. The SMILES string of the molecule is CCCC(CC(=O)O)Nc1nc(C)cnc1C. The van der Waals surface area contributed by atoms with Crippen LogP contribution < -0.4 is 5.32 Å². The summed E-state index contributed by atoms with van der Waals surface area (Å²) in [5.41, 5.74) is 1.62. The summed E-state index contributed by atoms with van der Waals surface area (Å²) in [5.74, 6) is -0.112. The maximum Gasteiger partial charge on any atom is 0.305 e. The minimum atomic E-state index is -0.797. The molecular formula is C12H19N3O2.